The van der Waals surface area contributed by atoms with Gasteiger partial charge in [-0.1, -0.05) is 42.8 Å². The molecule has 7 heteroatoms. The van der Waals surface area contributed by atoms with Gasteiger partial charge in [-0.05, 0) is 55.8 Å². The zero-order valence-electron chi connectivity index (χ0n) is 19.9. The third-order valence-electron chi connectivity index (χ3n) is 6.69. The van der Waals surface area contributed by atoms with Gasteiger partial charge in [0.1, 0.15) is 5.84 Å². The van der Waals surface area contributed by atoms with E-state index in [4.69, 9.17) is 11.1 Å². The van der Waals surface area contributed by atoms with Gasteiger partial charge in [-0.15, -0.1) is 0 Å². The Kier molecular flexibility index (Phi) is 6.84. The number of nitrogens with zero attached hydrogens (tertiary/aromatic N) is 1. The van der Waals surface area contributed by atoms with E-state index in [9.17, 15) is 9.59 Å². The third-order valence-corrected chi connectivity index (χ3v) is 6.69. The van der Waals surface area contributed by atoms with E-state index in [1.807, 2.05) is 36.4 Å². The van der Waals surface area contributed by atoms with Crippen LogP contribution in [0.25, 0.3) is 22.0 Å². The highest BCUT2D eigenvalue weighted by atomic mass is 16.2. The van der Waals surface area contributed by atoms with E-state index in [1.165, 1.54) is 0 Å². The van der Waals surface area contributed by atoms with Gasteiger partial charge in [0.05, 0.1) is 5.52 Å². The zero-order valence-corrected chi connectivity index (χ0v) is 19.9. The Morgan fingerprint density at radius 3 is 2.79 bits per heavy atom. The van der Waals surface area contributed by atoms with Gasteiger partial charge in [-0.25, -0.2) is 0 Å². The van der Waals surface area contributed by atoms with Crippen LogP contribution in [0.1, 0.15) is 45.1 Å². The molecule has 1 fully saturated rings. The molecule has 1 aromatic heterocycles. The number of amidine groups is 1. The predicted molar refractivity (Wildman–Crippen MR) is 137 cm³/mol. The molecule has 0 bridgehead atoms. The molecule has 1 amide bonds. The van der Waals surface area contributed by atoms with Gasteiger partial charge in [0, 0.05) is 42.2 Å². The molecular weight excluding hydrogens is 426 g/mol. The average Bonchev–Trinajstić information content (AvgIpc) is 2.82. The third kappa shape index (κ3) is 5.20. The summed E-state index contributed by atoms with van der Waals surface area (Å²) in [5.41, 5.74) is 7.97. The first-order valence-electron chi connectivity index (χ1n) is 11.9. The Bertz CT molecular complexity index is 1280. The summed E-state index contributed by atoms with van der Waals surface area (Å²) in [6.45, 7) is 5.19. The van der Waals surface area contributed by atoms with E-state index in [2.05, 4.69) is 24.5 Å². The number of benzene rings is 2. The number of nitrogen functional groups attached to an aromatic ring is 1. The Morgan fingerprint density at radius 2 is 2.03 bits per heavy atom. The molecule has 4 rings (SSSR count). The monoisotopic (exact) mass is 459 g/mol. The largest absolute Gasteiger partial charge is 0.384 e. The lowest BCUT2D eigenvalue weighted by molar-refractivity contribution is -0.121. The minimum Gasteiger partial charge on any atom is -0.384 e. The zero-order chi connectivity index (χ0) is 24.3. The second kappa shape index (κ2) is 9.81. The predicted octanol–water partition coefficient (Wildman–Crippen LogP) is 3.38. The topological polar surface area (TPSA) is 113 Å². The summed E-state index contributed by atoms with van der Waals surface area (Å²) in [6, 6.07) is 17.1. The number of para-hydroxylation sites is 1. The molecule has 0 radical (unpaired) electrons. The number of hydrogen-bond acceptors (Lipinski definition) is 4. The molecule has 178 valence electrons. The molecular formula is C27H33N5O2. The Balaban J connectivity index is 1.57. The van der Waals surface area contributed by atoms with Gasteiger partial charge in [0.15, 0.2) is 0 Å². The fraction of sp³-hybridized carbons (Fsp3) is 0.370. The van der Waals surface area contributed by atoms with Crippen LogP contribution >= 0.6 is 0 Å². The van der Waals surface area contributed by atoms with Gasteiger partial charge in [-0.2, -0.15) is 0 Å². The molecule has 34 heavy (non-hydrogen) atoms. The molecule has 2 aromatic carbocycles. The van der Waals surface area contributed by atoms with Crippen molar-refractivity contribution in [2.24, 2.45) is 5.73 Å². The molecule has 0 spiro atoms. The number of pyridine rings is 1. The summed E-state index contributed by atoms with van der Waals surface area (Å²) in [7, 11) is 0. The van der Waals surface area contributed by atoms with Crippen LogP contribution in [0.2, 0.25) is 0 Å². The molecule has 0 saturated carbocycles. The number of piperidine rings is 1. The number of carbonyl (C=O) groups excluding carboxylic acids is 1. The van der Waals surface area contributed by atoms with Crippen LogP contribution in [0.15, 0.2) is 59.4 Å². The van der Waals surface area contributed by atoms with Crippen molar-refractivity contribution in [2.75, 3.05) is 6.54 Å². The van der Waals surface area contributed by atoms with Crippen LogP contribution in [0.4, 0.5) is 0 Å². The van der Waals surface area contributed by atoms with Crippen molar-refractivity contribution in [2.45, 2.75) is 57.7 Å². The number of amides is 1. The van der Waals surface area contributed by atoms with Crippen molar-refractivity contribution < 1.29 is 4.79 Å². The minimum absolute atomic E-state index is 0.0461. The van der Waals surface area contributed by atoms with Crippen LogP contribution < -0.4 is 21.9 Å². The highest BCUT2D eigenvalue weighted by molar-refractivity contribution is 5.96. The number of carbonyl (C=O) groups is 1. The molecule has 1 aliphatic rings. The Morgan fingerprint density at radius 1 is 1.24 bits per heavy atom. The van der Waals surface area contributed by atoms with E-state index in [0.717, 1.165) is 30.2 Å². The summed E-state index contributed by atoms with van der Waals surface area (Å²) < 4.78 is 1.67. The number of rotatable bonds is 7. The molecule has 5 N–H and O–H groups in total. The van der Waals surface area contributed by atoms with Crippen LogP contribution in [0.3, 0.4) is 0 Å². The number of fused-ring (bicyclic) bond motifs is 1. The molecule has 3 aromatic rings. The molecule has 2 atom stereocenters. The van der Waals surface area contributed by atoms with Crippen molar-refractivity contribution in [3.8, 4) is 11.1 Å². The molecule has 0 unspecified atom stereocenters. The number of aromatic nitrogens is 1. The SMILES string of the molecule is C[C@H]1CCC[C@](C)(CNC(=O)CCn2c(=O)c(-c3cccc(C(=N)N)c3)cc3ccccc32)N1. The summed E-state index contributed by atoms with van der Waals surface area (Å²) >= 11 is 0. The fourth-order valence-electron chi connectivity index (χ4n) is 4.88. The maximum Gasteiger partial charge on any atom is 0.258 e. The summed E-state index contributed by atoms with van der Waals surface area (Å²) in [4.78, 5) is 26.2. The smallest absolute Gasteiger partial charge is 0.258 e. The molecule has 0 aliphatic carbocycles. The maximum absolute atomic E-state index is 13.5. The quantitative estimate of drug-likeness (QED) is 0.320. The number of hydrogen-bond donors (Lipinski definition) is 4. The van der Waals surface area contributed by atoms with E-state index in [1.54, 1.807) is 22.8 Å². The lowest BCUT2D eigenvalue weighted by Crippen LogP contribution is -2.56. The normalized spacial score (nSPS) is 20.2. The summed E-state index contributed by atoms with van der Waals surface area (Å²) in [5.74, 6) is -0.114. The average molecular weight is 460 g/mol. The van der Waals surface area contributed by atoms with Crippen LogP contribution in [0.5, 0.6) is 0 Å². The number of nitrogens with two attached hydrogens (primary N) is 1. The standard InChI is InChI=1S/C27H33N5O2/c1-18-7-6-13-27(2,31-18)17-30-24(33)12-14-32-23-11-4-3-8-20(23)16-22(26(32)34)19-9-5-10-21(15-19)25(28)29/h3-5,8-11,15-16,18,31H,6-7,12-14,17H2,1-2H3,(H3,28,29)(H,30,33)/t18-,27+/m0/s1. The van der Waals surface area contributed by atoms with E-state index in [-0.39, 0.29) is 35.8 Å². The van der Waals surface area contributed by atoms with Crippen molar-refractivity contribution >= 4 is 22.6 Å². The van der Waals surface area contributed by atoms with E-state index < -0.39 is 0 Å². The molecule has 7 nitrogen and oxygen atoms in total. The molecule has 1 aliphatic heterocycles. The number of nitrogens with one attached hydrogen (secondary N) is 3. The van der Waals surface area contributed by atoms with Crippen molar-refractivity contribution in [1.82, 2.24) is 15.2 Å². The number of aryl methyl sites for hydroxylation is 1. The lowest BCUT2D eigenvalue weighted by atomic mass is 9.88. The maximum atomic E-state index is 13.5. The van der Waals surface area contributed by atoms with E-state index >= 15 is 0 Å². The highest BCUT2D eigenvalue weighted by Gasteiger charge is 2.29. The summed E-state index contributed by atoms with van der Waals surface area (Å²) in [5, 5.41) is 15.3. The second-order valence-corrected chi connectivity index (χ2v) is 9.59. The van der Waals surface area contributed by atoms with Gasteiger partial charge in [0.2, 0.25) is 5.91 Å². The van der Waals surface area contributed by atoms with Gasteiger partial charge < -0.3 is 20.9 Å². The van der Waals surface area contributed by atoms with Gasteiger partial charge in [0.25, 0.3) is 5.56 Å². The molecule has 2 heterocycles. The lowest BCUT2D eigenvalue weighted by Gasteiger charge is -2.38. The van der Waals surface area contributed by atoms with E-state index in [0.29, 0.717) is 29.3 Å². The van der Waals surface area contributed by atoms with Crippen LogP contribution in [-0.4, -0.2) is 34.4 Å². The Labute approximate surface area is 199 Å². The second-order valence-electron chi connectivity index (χ2n) is 9.59. The van der Waals surface area contributed by atoms with Gasteiger partial charge >= 0.3 is 0 Å². The van der Waals surface area contributed by atoms with Crippen molar-refractivity contribution in [3.63, 3.8) is 0 Å². The first-order valence-corrected chi connectivity index (χ1v) is 11.9. The van der Waals surface area contributed by atoms with Crippen molar-refractivity contribution in [1.29, 1.82) is 5.41 Å². The fourth-order valence-corrected chi connectivity index (χ4v) is 4.88. The first-order chi connectivity index (χ1) is 16.3. The van der Waals surface area contributed by atoms with Crippen LogP contribution in [-0.2, 0) is 11.3 Å². The Hall–Kier alpha value is -3.45. The molecule has 1 saturated heterocycles. The first kappa shape index (κ1) is 23.7. The minimum atomic E-state index is -0.165. The van der Waals surface area contributed by atoms with Gasteiger partial charge in [-0.3, -0.25) is 15.0 Å². The van der Waals surface area contributed by atoms with Crippen molar-refractivity contribution in [3.05, 3.63) is 70.5 Å². The van der Waals surface area contributed by atoms with Crippen LogP contribution in [0, 0.1) is 5.41 Å². The summed E-state index contributed by atoms with van der Waals surface area (Å²) in [6.07, 6.45) is 3.56. The highest BCUT2D eigenvalue weighted by Crippen LogP contribution is 2.23.